The summed E-state index contributed by atoms with van der Waals surface area (Å²) in [5.74, 6) is -1.82. The van der Waals surface area contributed by atoms with Crippen LogP contribution in [0.4, 0.5) is 9.18 Å². The van der Waals surface area contributed by atoms with Gasteiger partial charge in [0, 0.05) is 43.9 Å². The zero-order chi connectivity index (χ0) is 23.7. The van der Waals surface area contributed by atoms with Crippen LogP contribution in [0.15, 0.2) is 0 Å². The minimum Gasteiger partial charge on any atom is -0.449 e. The lowest BCUT2D eigenvalue weighted by molar-refractivity contribution is -0.146. The Bertz CT molecular complexity index is 795. The normalized spacial score (nSPS) is 39.1. The average molecular weight is 467 g/mol. The van der Waals surface area contributed by atoms with Gasteiger partial charge in [-0.1, -0.05) is 6.92 Å². The van der Waals surface area contributed by atoms with Crippen LogP contribution in [0.5, 0.6) is 0 Å². The fourth-order valence-electron chi connectivity index (χ4n) is 5.82. The highest BCUT2D eigenvalue weighted by Gasteiger charge is 2.53. The third-order valence-electron chi connectivity index (χ3n) is 8.04. The summed E-state index contributed by atoms with van der Waals surface area (Å²) in [4.78, 5) is 50.2. The van der Waals surface area contributed by atoms with Gasteiger partial charge < -0.3 is 20.3 Å². The summed E-state index contributed by atoms with van der Waals surface area (Å²) in [6.45, 7) is 5.91. The molecule has 3 aliphatic heterocycles. The smallest absolute Gasteiger partial charge is 0.407 e. The van der Waals surface area contributed by atoms with Crippen LogP contribution in [0.3, 0.4) is 0 Å². The molecule has 9 nitrogen and oxygen atoms in total. The quantitative estimate of drug-likeness (QED) is 0.520. The van der Waals surface area contributed by atoms with Crippen molar-refractivity contribution in [3.05, 3.63) is 0 Å². The van der Waals surface area contributed by atoms with E-state index in [1.54, 1.807) is 0 Å². The highest BCUT2D eigenvalue weighted by Crippen LogP contribution is 2.42. The summed E-state index contributed by atoms with van der Waals surface area (Å²) < 4.78 is 20.7. The second-order valence-electron chi connectivity index (χ2n) is 10.3. The molecule has 3 saturated heterocycles. The summed E-state index contributed by atoms with van der Waals surface area (Å²) >= 11 is 0. The Labute approximate surface area is 193 Å². The number of alkyl carbamates (subject to hydrolysis) is 1. The number of imide groups is 1. The van der Waals surface area contributed by atoms with Crippen molar-refractivity contribution in [1.82, 2.24) is 20.9 Å². The number of carbonyl (C=O) groups is 4. The molecule has 184 valence electrons. The van der Waals surface area contributed by atoms with Crippen molar-refractivity contribution in [1.29, 1.82) is 0 Å². The van der Waals surface area contributed by atoms with Gasteiger partial charge in [-0.15, -0.1) is 0 Å². The number of nitrogens with one attached hydrogen (secondary N) is 3. The van der Waals surface area contributed by atoms with Gasteiger partial charge in [0.05, 0.1) is 12.5 Å². The van der Waals surface area contributed by atoms with E-state index in [1.165, 1.54) is 4.90 Å². The van der Waals surface area contributed by atoms with Crippen LogP contribution in [0.1, 0.15) is 46.0 Å². The molecule has 0 aromatic rings. The van der Waals surface area contributed by atoms with Gasteiger partial charge in [-0.25, -0.2) is 9.18 Å². The number of piperidine rings is 2. The number of hydrogen-bond acceptors (Lipinski definition) is 6. The molecule has 10 heteroatoms. The van der Waals surface area contributed by atoms with E-state index in [2.05, 4.69) is 29.8 Å². The van der Waals surface area contributed by atoms with E-state index in [4.69, 9.17) is 4.74 Å². The topological polar surface area (TPSA) is 117 Å². The summed E-state index contributed by atoms with van der Waals surface area (Å²) in [7, 11) is 0. The number of hydrogen-bond donors (Lipinski definition) is 3. The molecule has 4 rings (SSSR count). The fraction of sp³-hybridized carbons (Fsp3) is 0.826. The lowest BCUT2D eigenvalue weighted by atomic mass is 9.74. The molecule has 0 spiro atoms. The average Bonchev–Trinajstić information content (AvgIpc) is 3.11. The number of fused-ring (bicyclic) bond motifs is 1. The lowest BCUT2D eigenvalue weighted by Gasteiger charge is -2.34. The monoisotopic (exact) mass is 466 g/mol. The van der Waals surface area contributed by atoms with Gasteiger partial charge in [-0.05, 0) is 44.4 Å². The maximum absolute atomic E-state index is 15.4. The molecule has 1 aliphatic carbocycles. The van der Waals surface area contributed by atoms with Gasteiger partial charge in [0.2, 0.25) is 17.7 Å². The number of carbonyl (C=O) groups excluding carboxylic acids is 4. The van der Waals surface area contributed by atoms with Gasteiger partial charge in [-0.3, -0.25) is 19.7 Å². The molecule has 33 heavy (non-hydrogen) atoms. The highest BCUT2D eigenvalue weighted by atomic mass is 19.1. The molecule has 8 unspecified atom stereocenters. The van der Waals surface area contributed by atoms with Gasteiger partial charge in [-0.2, -0.15) is 0 Å². The Kier molecular flexibility index (Phi) is 7.21. The molecule has 3 N–H and O–H groups in total. The Morgan fingerprint density at radius 2 is 2.00 bits per heavy atom. The molecule has 3 heterocycles. The molecular weight excluding hydrogens is 431 g/mol. The second kappa shape index (κ2) is 9.95. The van der Waals surface area contributed by atoms with Crippen molar-refractivity contribution < 1.29 is 28.3 Å². The Morgan fingerprint density at radius 1 is 1.21 bits per heavy atom. The van der Waals surface area contributed by atoms with Crippen molar-refractivity contribution in [2.75, 3.05) is 26.2 Å². The van der Waals surface area contributed by atoms with E-state index in [0.717, 1.165) is 13.0 Å². The molecule has 0 aromatic heterocycles. The van der Waals surface area contributed by atoms with Crippen LogP contribution >= 0.6 is 0 Å². The molecule has 0 bridgehead atoms. The predicted octanol–water partition coefficient (Wildman–Crippen LogP) is 0.975. The van der Waals surface area contributed by atoms with Gasteiger partial charge >= 0.3 is 6.09 Å². The number of rotatable bonds is 5. The van der Waals surface area contributed by atoms with Crippen molar-refractivity contribution in [3.63, 3.8) is 0 Å². The minimum absolute atomic E-state index is 0.116. The molecule has 4 fully saturated rings. The zero-order valence-corrected chi connectivity index (χ0v) is 19.3. The van der Waals surface area contributed by atoms with E-state index in [9.17, 15) is 19.2 Å². The predicted molar refractivity (Wildman–Crippen MR) is 117 cm³/mol. The van der Waals surface area contributed by atoms with Crippen LogP contribution in [-0.4, -0.2) is 73.2 Å². The molecule has 8 atom stereocenters. The van der Waals surface area contributed by atoms with E-state index < -0.39 is 36.0 Å². The lowest BCUT2D eigenvalue weighted by Crippen LogP contribution is -2.53. The van der Waals surface area contributed by atoms with Crippen molar-refractivity contribution in [2.24, 2.45) is 29.6 Å². The van der Waals surface area contributed by atoms with Crippen LogP contribution in [0, 0.1) is 29.6 Å². The highest BCUT2D eigenvalue weighted by molar-refractivity contribution is 6.02. The molecule has 4 aliphatic rings. The van der Waals surface area contributed by atoms with Crippen LogP contribution in [-0.2, 0) is 19.1 Å². The summed E-state index contributed by atoms with van der Waals surface area (Å²) in [6.07, 6.45) is 0.715. The molecule has 4 amide bonds. The summed E-state index contributed by atoms with van der Waals surface area (Å²) in [6, 6.07) is -0.254. The number of nitrogens with zero attached hydrogens (tertiary/aromatic N) is 1. The molecule has 1 saturated carbocycles. The first-order valence-electron chi connectivity index (χ1n) is 12.2. The number of ether oxygens (including phenoxy) is 1. The van der Waals surface area contributed by atoms with Crippen molar-refractivity contribution >= 4 is 23.8 Å². The molecule has 0 radical (unpaired) electrons. The Balaban J connectivity index is 1.25. The van der Waals surface area contributed by atoms with Crippen molar-refractivity contribution in [2.45, 2.75) is 64.2 Å². The van der Waals surface area contributed by atoms with Gasteiger partial charge in [0.15, 0.2) is 0 Å². The number of halogens is 1. The second-order valence-corrected chi connectivity index (χ2v) is 10.3. The molecular formula is C23H35FN4O5. The fourth-order valence-corrected chi connectivity index (χ4v) is 5.82. The van der Waals surface area contributed by atoms with E-state index >= 15 is 4.39 Å². The van der Waals surface area contributed by atoms with Crippen LogP contribution in [0.2, 0.25) is 0 Å². The zero-order valence-electron chi connectivity index (χ0n) is 19.3. The number of likely N-dealkylation sites (tertiary alicyclic amines) is 1. The van der Waals surface area contributed by atoms with Gasteiger partial charge in [0.25, 0.3) is 0 Å². The first-order chi connectivity index (χ1) is 15.7. The largest absolute Gasteiger partial charge is 0.449 e. The Hall–Kier alpha value is -2.23. The number of alkyl halides is 1. The van der Waals surface area contributed by atoms with E-state index in [1.807, 2.05) is 0 Å². The first-order valence-corrected chi connectivity index (χ1v) is 12.2. The van der Waals surface area contributed by atoms with E-state index in [-0.39, 0.29) is 43.0 Å². The Morgan fingerprint density at radius 3 is 2.73 bits per heavy atom. The van der Waals surface area contributed by atoms with Crippen LogP contribution in [0.25, 0.3) is 0 Å². The SMILES string of the molecule is CC1CC(COC(=O)NCC2CCC3CN(C4CCC(=O)NC4=O)C(=O)C3C2F)CNC1C. The summed E-state index contributed by atoms with van der Waals surface area (Å²) in [5.41, 5.74) is 0. The first kappa shape index (κ1) is 23.9. The molecule has 0 aromatic carbocycles. The standard InChI is InChI=1S/C23H35FN4O5/c1-12-7-14(8-25-13(12)2)11-33-23(32)26-9-15-3-4-16-10-28(22(31)19(16)20(15)24)17-5-6-18(29)27-21(17)30/h12-17,19-20,25H,3-11H2,1-2H3,(H,26,32)(H,27,29,30). The summed E-state index contributed by atoms with van der Waals surface area (Å²) in [5, 5.41) is 8.36. The van der Waals surface area contributed by atoms with Crippen LogP contribution < -0.4 is 16.0 Å². The third-order valence-corrected chi connectivity index (χ3v) is 8.04. The van der Waals surface area contributed by atoms with Crippen molar-refractivity contribution in [3.8, 4) is 0 Å². The minimum atomic E-state index is -1.39. The number of amides is 4. The maximum Gasteiger partial charge on any atom is 0.407 e. The maximum atomic E-state index is 15.4. The van der Waals surface area contributed by atoms with Gasteiger partial charge in [0.1, 0.15) is 12.2 Å². The third kappa shape index (κ3) is 5.15. The van der Waals surface area contributed by atoms with E-state index in [0.29, 0.717) is 38.0 Å².